The summed E-state index contributed by atoms with van der Waals surface area (Å²) >= 11 is 0. The van der Waals surface area contributed by atoms with Crippen LogP contribution in [-0.4, -0.2) is 76.0 Å². The average Bonchev–Trinajstić information content (AvgIpc) is 3.83. The molecule has 10 heteroatoms. The fourth-order valence-corrected chi connectivity index (χ4v) is 7.06. The van der Waals surface area contributed by atoms with Crippen LogP contribution in [0.2, 0.25) is 0 Å². The number of nitrogens with zero attached hydrogens (tertiary/aromatic N) is 2. The zero-order valence-corrected chi connectivity index (χ0v) is 25.7. The summed E-state index contributed by atoms with van der Waals surface area (Å²) in [6.07, 6.45) is 7.94. The second-order valence-electron chi connectivity index (χ2n) is 12.6. The van der Waals surface area contributed by atoms with Crippen LogP contribution in [0.5, 0.6) is 11.5 Å². The molecular formula is C33H43ClN4O5. The molecule has 3 amide bonds. The second kappa shape index (κ2) is 12.8. The molecule has 2 heterocycles. The summed E-state index contributed by atoms with van der Waals surface area (Å²) in [7, 11) is 1.60. The van der Waals surface area contributed by atoms with Gasteiger partial charge in [0.15, 0.2) is 0 Å². The van der Waals surface area contributed by atoms with Gasteiger partial charge in [-0.1, -0.05) is 31.4 Å². The fourth-order valence-electron chi connectivity index (χ4n) is 7.06. The molecule has 0 aromatic heterocycles. The summed E-state index contributed by atoms with van der Waals surface area (Å²) in [5.74, 6) is 1.21. The maximum atomic E-state index is 13.8. The predicted molar refractivity (Wildman–Crippen MR) is 165 cm³/mol. The van der Waals surface area contributed by atoms with Crippen LogP contribution in [-0.2, 0) is 16.1 Å². The molecule has 2 aliphatic carbocycles. The van der Waals surface area contributed by atoms with Crippen molar-refractivity contribution in [1.29, 1.82) is 0 Å². The van der Waals surface area contributed by atoms with Gasteiger partial charge in [0, 0.05) is 44.7 Å². The number of aliphatic hydroxyl groups is 1. The molecule has 1 spiro atoms. The van der Waals surface area contributed by atoms with Gasteiger partial charge in [0.05, 0.1) is 5.60 Å². The number of carbonyl (C=O) groups excluding carboxylic acids is 3. The molecule has 3 N–H and O–H groups in total. The third-order valence-electron chi connectivity index (χ3n) is 9.60. The molecule has 4 fully saturated rings. The molecule has 0 bridgehead atoms. The van der Waals surface area contributed by atoms with E-state index < -0.39 is 17.2 Å². The van der Waals surface area contributed by atoms with E-state index in [0.29, 0.717) is 49.2 Å². The van der Waals surface area contributed by atoms with Crippen LogP contribution >= 0.6 is 12.4 Å². The van der Waals surface area contributed by atoms with Crippen molar-refractivity contribution in [1.82, 2.24) is 20.4 Å². The molecule has 2 aliphatic heterocycles. The van der Waals surface area contributed by atoms with Crippen molar-refractivity contribution in [3.63, 3.8) is 0 Å². The van der Waals surface area contributed by atoms with Crippen molar-refractivity contribution in [3.05, 3.63) is 59.7 Å². The minimum absolute atomic E-state index is 0. The van der Waals surface area contributed by atoms with Gasteiger partial charge in [-0.25, -0.2) is 0 Å². The van der Waals surface area contributed by atoms with Crippen LogP contribution in [0.4, 0.5) is 0 Å². The van der Waals surface area contributed by atoms with E-state index in [4.69, 9.17) is 4.74 Å². The maximum Gasteiger partial charge on any atom is 0.251 e. The van der Waals surface area contributed by atoms with Gasteiger partial charge < -0.3 is 25.4 Å². The zero-order valence-electron chi connectivity index (χ0n) is 24.8. The molecule has 0 radical (unpaired) electrons. The third-order valence-corrected chi connectivity index (χ3v) is 9.60. The molecule has 2 saturated heterocycles. The number of benzene rings is 2. The minimum Gasteiger partial charge on any atom is -0.457 e. The first-order valence-electron chi connectivity index (χ1n) is 15.5. The quantitative estimate of drug-likeness (QED) is 0.414. The summed E-state index contributed by atoms with van der Waals surface area (Å²) in [5, 5.41) is 16.8. The molecule has 2 saturated carbocycles. The van der Waals surface area contributed by atoms with Crippen LogP contribution in [0.1, 0.15) is 80.1 Å². The number of hydrogen-bond acceptors (Lipinski definition) is 6. The normalized spacial score (nSPS) is 23.3. The lowest BCUT2D eigenvalue weighted by molar-refractivity contribution is -0.164. The van der Waals surface area contributed by atoms with E-state index in [2.05, 4.69) is 15.5 Å². The van der Waals surface area contributed by atoms with E-state index in [1.165, 1.54) is 0 Å². The number of nitrogens with one attached hydrogen (secondary N) is 2. The molecule has 1 atom stereocenters. The molecule has 2 aromatic rings. The Morgan fingerprint density at radius 1 is 0.953 bits per heavy atom. The van der Waals surface area contributed by atoms with Crippen LogP contribution in [0.25, 0.3) is 0 Å². The van der Waals surface area contributed by atoms with Gasteiger partial charge in [-0.05, 0) is 80.5 Å². The number of amides is 3. The van der Waals surface area contributed by atoms with Gasteiger partial charge in [-0.2, -0.15) is 0 Å². The van der Waals surface area contributed by atoms with Crippen LogP contribution in [0.3, 0.4) is 0 Å². The molecule has 6 rings (SSSR count). The van der Waals surface area contributed by atoms with Gasteiger partial charge >= 0.3 is 0 Å². The van der Waals surface area contributed by atoms with Crippen molar-refractivity contribution in [3.8, 4) is 11.5 Å². The van der Waals surface area contributed by atoms with Crippen molar-refractivity contribution >= 4 is 30.1 Å². The van der Waals surface area contributed by atoms with E-state index in [9.17, 15) is 19.5 Å². The highest BCUT2D eigenvalue weighted by Crippen LogP contribution is 2.43. The van der Waals surface area contributed by atoms with Crippen LogP contribution in [0.15, 0.2) is 48.5 Å². The van der Waals surface area contributed by atoms with Crippen LogP contribution in [0, 0.1) is 0 Å². The number of likely N-dealkylation sites (tertiary alicyclic amines) is 1. The SMILES string of the molecule is CNC(=O)c1ccc(Oc2ccc(CN3CCC4(CC3)C(=O)N[C@H](CC3(O)CCCCC3)C(=O)N4C3CC3)cc2)cc1.Cl. The number of hydrogen-bond donors (Lipinski definition) is 3. The summed E-state index contributed by atoms with van der Waals surface area (Å²) < 4.78 is 5.95. The van der Waals surface area contributed by atoms with Gasteiger partial charge in [0.2, 0.25) is 11.8 Å². The third kappa shape index (κ3) is 6.69. The Balaban J connectivity index is 0.00000368. The number of carbonyl (C=O) groups is 3. The maximum absolute atomic E-state index is 13.8. The lowest BCUT2D eigenvalue weighted by atomic mass is 9.77. The second-order valence-corrected chi connectivity index (χ2v) is 12.6. The van der Waals surface area contributed by atoms with Crippen molar-refractivity contribution in [2.45, 2.75) is 94.0 Å². The molecular weight excluding hydrogens is 568 g/mol. The molecule has 232 valence electrons. The Labute approximate surface area is 259 Å². The largest absolute Gasteiger partial charge is 0.457 e. The first-order chi connectivity index (χ1) is 20.3. The summed E-state index contributed by atoms with van der Waals surface area (Å²) in [6, 6.07) is 14.5. The Morgan fingerprint density at radius 3 is 2.14 bits per heavy atom. The molecule has 9 nitrogen and oxygen atoms in total. The lowest BCUT2D eigenvalue weighted by Gasteiger charge is -2.52. The first kappa shape index (κ1) is 31.3. The topological polar surface area (TPSA) is 111 Å². The highest BCUT2D eigenvalue weighted by Gasteiger charge is 2.58. The molecule has 43 heavy (non-hydrogen) atoms. The number of ether oxygens (including phenoxy) is 1. The number of piperazine rings is 1. The zero-order chi connectivity index (χ0) is 29.3. The summed E-state index contributed by atoms with van der Waals surface area (Å²) in [5.41, 5.74) is 0.0900. The highest BCUT2D eigenvalue weighted by molar-refractivity contribution is 6.00. The Kier molecular flexibility index (Phi) is 9.34. The minimum atomic E-state index is -0.854. The van der Waals surface area contributed by atoms with Crippen molar-refractivity contribution < 1.29 is 24.2 Å². The van der Waals surface area contributed by atoms with Gasteiger partial charge in [-0.15, -0.1) is 12.4 Å². The Morgan fingerprint density at radius 2 is 1.56 bits per heavy atom. The highest BCUT2D eigenvalue weighted by atomic mass is 35.5. The van der Waals surface area contributed by atoms with Gasteiger partial charge in [0.25, 0.3) is 5.91 Å². The molecule has 2 aromatic carbocycles. The summed E-state index contributed by atoms with van der Waals surface area (Å²) in [6.45, 7) is 2.22. The Bertz CT molecular complexity index is 1300. The van der Waals surface area contributed by atoms with E-state index in [0.717, 1.165) is 57.3 Å². The Hall–Kier alpha value is -3.14. The number of halogens is 1. The van der Waals surface area contributed by atoms with Gasteiger partial charge in [0.1, 0.15) is 23.1 Å². The van der Waals surface area contributed by atoms with E-state index in [1.807, 2.05) is 29.2 Å². The summed E-state index contributed by atoms with van der Waals surface area (Å²) in [4.78, 5) is 43.5. The van der Waals surface area contributed by atoms with E-state index in [-0.39, 0.29) is 36.2 Å². The number of piperidine rings is 1. The standard InChI is InChI=1S/C33H42N4O5.ClH/c1-34-29(38)24-7-13-27(14-8-24)42-26-11-5-23(6-12-26)22-36-19-17-33(18-20-36)31(40)35-28(30(39)37(33)25-9-10-25)21-32(41)15-3-2-4-16-32;/h5-8,11-14,25,28,41H,2-4,9-10,15-22H2,1H3,(H,34,38)(H,35,40);1H/t28-;/m1./s1. The predicted octanol–water partition coefficient (Wildman–Crippen LogP) is 4.17. The van der Waals surface area contributed by atoms with Crippen molar-refractivity contribution in [2.75, 3.05) is 20.1 Å². The fraction of sp³-hybridized carbons (Fsp3) is 0.545. The smallest absolute Gasteiger partial charge is 0.251 e. The lowest BCUT2D eigenvalue weighted by Crippen LogP contribution is -2.73. The average molecular weight is 611 g/mol. The monoisotopic (exact) mass is 610 g/mol. The van der Waals surface area contributed by atoms with E-state index in [1.54, 1.807) is 31.3 Å². The van der Waals surface area contributed by atoms with E-state index >= 15 is 0 Å². The molecule has 0 unspecified atom stereocenters. The first-order valence-corrected chi connectivity index (χ1v) is 15.5. The molecule has 4 aliphatic rings. The van der Waals surface area contributed by atoms with Crippen molar-refractivity contribution in [2.24, 2.45) is 0 Å². The number of rotatable bonds is 8. The van der Waals surface area contributed by atoms with Crippen LogP contribution < -0.4 is 15.4 Å². The van der Waals surface area contributed by atoms with Gasteiger partial charge in [-0.3, -0.25) is 19.3 Å².